The summed E-state index contributed by atoms with van der Waals surface area (Å²) in [7, 11) is 0. The highest BCUT2D eigenvalue weighted by atomic mass is 32.1. The van der Waals surface area contributed by atoms with E-state index in [2.05, 4.69) is 0 Å². The van der Waals surface area contributed by atoms with Crippen LogP contribution in [0.5, 0.6) is 0 Å². The Bertz CT molecular complexity index is 1360. The SMILES string of the molecule is CCOC(=O)c1sc2c(c1N)c(=O)c1ccccc1n2-c1cccc(C(F)(F)F)c1. The number of thiophene rings is 1. The molecule has 30 heavy (non-hydrogen) atoms. The molecule has 5 nitrogen and oxygen atoms in total. The molecule has 2 aromatic carbocycles. The smallest absolute Gasteiger partial charge is 0.416 e. The number of fused-ring (bicyclic) bond motifs is 2. The van der Waals surface area contributed by atoms with Crippen LogP contribution in [0.15, 0.2) is 53.3 Å². The number of benzene rings is 2. The monoisotopic (exact) mass is 432 g/mol. The van der Waals surface area contributed by atoms with Gasteiger partial charge in [0.25, 0.3) is 0 Å². The number of pyridine rings is 1. The molecule has 154 valence electrons. The van der Waals surface area contributed by atoms with Crippen LogP contribution in [0.1, 0.15) is 22.2 Å². The molecule has 0 aliphatic heterocycles. The lowest BCUT2D eigenvalue weighted by atomic mass is 10.1. The number of nitrogen functional groups attached to an aromatic ring is 1. The van der Waals surface area contributed by atoms with Crippen LogP contribution in [0.25, 0.3) is 26.8 Å². The van der Waals surface area contributed by atoms with E-state index in [1.54, 1.807) is 31.2 Å². The van der Waals surface area contributed by atoms with Gasteiger partial charge in [-0.2, -0.15) is 13.2 Å². The number of ether oxygens (including phenoxy) is 1. The van der Waals surface area contributed by atoms with E-state index in [0.29, 0.717) is 5.52 Å². The molecule has 0 radical (unpaired) electrons. The number of alkyl halides is 3. The Morgan fingerprint density at radius 1 is 1.17 bits per heavy atom. The molecular formula is C21H15F3N2O3S. The number of nitrogens with zero attached hydrogens (tertiary/aromatic N) is 1. The second-order valence-corrected chi connectivity index (χ2v) is 7.47. The van der Waals surface area contributed by atoms with E-state index >= 15 is 0 Å². The van der Waals surface area contributed by atoms with Gasteiger partial charge in [0.1, 0.15) is 9.71 Å². The van der Waals surface area contributed by atoms with Gasteiger partial charge in [0.15, 0.2) is 5.43 Å². The van der Waals surface area contributed by atoms with Gasteiger partial charge in [-0.1, -0.05) is 18.2 Å². The first-order valence-corrected chi connectivity index (χ1v) is 9.76. The quantitative estimate of drug-likeness (QED) is 0.463. The maximum absolute atomic E-state index is 13.3. The standard InChI is InChI=1S/C21H15F3N2O3S/c1-2-29-20(28)18-16(25)15-17(27)13-8-3-4-9-14(13)26(19(15)30-18)12-7-5-6-11(10-12)21(22,23)24/h3-10H,2,25H2,1H3. The highest BCUT2D eigenvalue weighted by Crippen LogP contribution is 2.37. The molecule has 9 heteroatoms. The molecule has 0 saturated heterocycles. The van der Waals surface area contributed by atoms with Crippen molar-refractivity contribution in [1.29, 1.82) is 0 Å². The van der Waals surface area contributed by atoms with E-state index in [-0.39, 0.29) is 38.5 Å². The van der Waals surface area contributed by atoms with Crippen LogP contribution < -0.4 is 11.2 Å². The van der Waals surface area contributed by atoms with E-state index < -0.39 is 23.1 Å². The van der Waals surface area contributed by atoms with E-state index in [9.17, 15) is 22.8 Å². The molecule has 0 amide bonds. The molecule has 0 bridgehead atoms. The van der Waals surface area contributed by atoms with Crippen molar-refractivity contribution in [3.63, 3.8) is 0 Å². The molecule has 2 aromatic heterocycles. The molecule has 0 saturated carbocycles. The van der Waals surface area contributed by atoms with Crippen LogP contribution in [0.3, 0.4) is 0 Å². The minimum absolute atomic E-state index is 0.0371. The second kappa shape index (κ2) is 7.17. The van der Waals surface area contributed by atoms with Crippen molar-refractivity contribution in [1.82, 2.24) is 4.57 Å². The average molecular weight is 432 g/mol. The van der Waals surface area contributed by atoms with Crippen LogP contribution >= 0.6 is 11.3 Å². The predicted octanol–water partition coefficient (Wildman–Crippen LogP) is 4.98. The van der Waals surface area contributed by atoms with Gasteiger partial charge >= 0.3 is 12.1 Å². The third kappa shape index (κ3) is 3.11. The van der Waals surface area contributed by atoms with Crippen LogP contribution in [0.4, 0.5) is 18.9 Å². The van der Waals surface area contributed by atoms with Crippen LogP contribution in [0, 0.1) is 0 Å². The Morgan fingerprint density at radius 3 is 2.60 bits per heavy atom. The summed E-state index contributed by atoms with van der Waals surface area (Å²) in [6.45, 7) is 1.75. The number of carbonyl (C=O) groups is 1. The lowest BCUT2D eigenvalue weighted by Gasteiger charge is -2.15. The molecule has 2 heterocycles. The van der Waals surface area contributed by atoms with Crippen molar-refractivity contribution >= 4 is 44.1 Å². The summed E-state index contributed by atoms with van der Waals surface area (Å²) < 4.78 is 46.4. The molecule has 0 aliphatic rings. The number of hydrogen-bond acceptors (Lipinski definition) is 5. The maximum Gasteiger partial charge on any atom is 0.416 e. The fraction of sp³-hybridized carbons (Fsp3) is 0.143. The molecular weight excluding hydrogens is 417 g/mol. The third-order valence-corrected chi connectivity index (χ3v) is 5.81. The number of esters is 1. The van der Waals surface area contributed by atoms with Crippen molar-refractivity contribution in [2.24, 2.45) is 0 Å². The summed E-state index contributed by atoms with van der Waals surface area (Å²) in [5.41, 5.74) is 5.47. The Hall–Kier alpha value is -3.33. The normalized spacial score (nSPS) is 11.9. The van der Waals surface area contributed by atoms with Crippen molar-refractivity contribution in [2.75, 3.05) is 12.3 Å². The van der Waals surface area contributed by atoms with Crippen LogP contribution in [0.2, 0.25) is 0 Å². The summed E-state index contributed by atoms with van der Waals surface area (Å²) in [6.07, 6.45) is -4.53. The zero-order valence-electron chi connectivity index (χ0n) is 15.6. The molecule has 2 N–H and O–H groups in total. The Labute approximate surface area is 172 Å². The minimum atomic E-state index is -4.53. The molecule has 0 spiro atoms. The number of anilines is 1. The lowest BCUT2D eigenvalue weighted by Crippen LogP contribution is -2.11. The number of halogens is 3. The molecule has 4 aromatic rings. The highest BCUT2D eigenvalue weighted by Gasteiger charge is 2.31. The summed E-state index contributed by atoms with van der Waals surface area (Å²) >= 11 is 0.918. The van der Waals surface area contributed by atoms with Gasteiger partial charge in [0.05, 0.1) is 28.8 Å². The van der Waals surface area contributed by atoms with Gasteiger partial charge in [-0.05, 0) is 37.3 Å². The fourth-order valence-electron chi connectivity index (χ4n) is 3.34. The molecule has 0 fully saturated rings. The Kier molecular flexibility index (Phi) is 4.77. The van der Waals surface area contributed by atoms with Gasteiger partial charge in [0, 0.05) is 11.1 Å². The van der Waals surface area contributed by atoms with Crippen molar-refractivity contribution in [3.8, 4) is 5.69 Å². The predicted molar refractivity (Wildman–Crippen MR) is 110 cm³/mol. The van der Waals surface area contributed by atoms with Gasteiger partial charge in [-0.15, -0.1) is 11.3 Å². The van der Waals surface area contributed by atoms with Crippen LogP contribution in [-0.2, 0) is 10.9 Å². The fourth-order valence-corrected chi connectivity index (χ4v) is 4.49. The van der Waals surface area contributed by atoms with Crippen molar-refractivity contribution < 1.29 is 22.7 Å². The van der Waals surface area contributed by atoms with E-state index in [1.807, 2.05) is 0 Å². The third-order valence-electron chi connectivity index (χ3n) is 4.64. The largest absolute Gasteiger partial charge is 0.462 e. The van der Waals surface area contributed by atoms with Gasteiger partial charge in [0.2, 0.25) is 0 Å². The Balaban J connectivity index is 2.15. The number of aromatic nitrogens is 1. The Morgan fingerprint density at radius 2 is 1.90 bits per heavy atom. The van der Waals surface area contributed by atoms with Crippen LogP contribution in [-0.4, -0.2) is 17.1 Å². The molecule has 4 rings (SSSR count). The number of para-hydroxylation sites is 1. The van der Waals surface area contributed by atoms with Crippen molar-refractivity contribution in [2.45, 2.75) is 13.1 Å². The first-order valence-electron chi connectivity index (χ1n) is 8.94. The summed E-state index contributed by atoms with van der Waals surface area (Å²) in [5, 5.41) is 0.362. The average Bonchev–Trinajstić information content (AvgIpc) is 3.05. The number of hydrogen-bond donors (Lipinski definition) is 1. The number of carbonyl (C=O) groups excluding carboxylic acids is 1. The lowest BCUT2D eigenvalue weighted by molar-refractivity contribution is -0.137. The highest BCUT2D eigenvalue weighted by molar-refractivity contribution is 7.21. The second-order valence-electron chi connectivity index (χ2n) is 6.48. The van der Waals surface area contributed by atoms with Gasteiger partial charge < -0.3 is 15.0 Å². The topological polar surface area (TPSA) is 74.3 Å². The minimum Gasteiger partial charge on any atom is -0.462 e. The van der Waals surface area contributed by atoms with Gasteiger partial charge in [-0.25, -0.2) is 4.79 Å². The first kappa shape index (κ1) is 20.0. The van der Waals surface area contributed by atoms with Crippen molar-refractivity contribution in [3.05, 3.63) is 69.2 Å². The van der Waals surface area contributed by atoms with E-state index in [0.717, 1.165) is 23.5 Å². The summed E-state index contributed by atoms with van der Waals surface area (Å²) in [6, 6.07) is 11.3. The van der Waals surface area contributed by atoms with E-state index in [1.165, 1.54) is 16.7 Å². The zero-order chi connectivity index (χ0) is 21.6. The summed E-state index contributed by atoms with van der Waals surface area (Å²) in [5.74, 6) is -0.685. The molecule has 0 atom stereocenters. The number of rotatable bonds is 3. The molecule has 0 aliphatic carbocycles. The first-order chi connectivity index (χ1) is 14.2. The zero-order valence-corrected chi connectivity index (χ0v) is 16.4. The number of nitrogens with two attached hydrogens (primary N) is 1. The van der Waals surface area contributed by atoms with E-state index in [4.69, 9.17) is 10.5 Å². The molecule has 0 unspecified atom stereocenters. The summed E-state index contributed by atoms with van der Waals surface area (Å²) in [4.78, 5) is 25.7. The van der Waals surface area contributed by atoms with Gasteiger partial charge in [-0.3, -0.25) is 4.79 Å². The maximum atomic E-state index is 13.3.